The Balaban J connectivity index is 1.62. The van der Waals surface area contributed by atoms with E-state index in [0.29, 0.717) is 5.56 Å². The quantitative estimate of drug-likeness (QED) is 0.456. The van der Waals surface area contributed by atoms with E-state index in [-0.39, 0.29) is 0 Å². The van der Waals surface area contributed by atoms with E-state index >= 15 is 0 Å². The van der Waals surface area contributed by atoms with Crippen LogP contribution in [0.15, 0.2) is 42.5 Å². The minimum absolute atomic E-state index is 0.691. The fraction of sp³-hybridized carbons (Fsp3) is 0.333. The first kappa shape index (κ1) is 20.4. The molecule has 0 N–H and O–H groups in total. The number of hydrogen-bond acceptors (Lipinski definition) is 4. The number of benzene rings is 2. The standard InChI is InChI=1S/C27H29N5/c1-5-21-20(4)22(17-28)26-29-23-8-6-7-9-24(23)32(26)27(21)31-14-12-30(13-15-31)25-16-18(2)10-11-19(25)3/h6-11,16H,5,12-15H2,1-4H3. The molecule has 3 heterocycles. The Kier molecular flexibility index (Phi) is 5.01. The van der Waals surface area contributed by atoms with E-state index in [1.165, 1.54) is 28.2 Å². The van der Waals surface area contributed by atoms with Crippen molar-refractivity contribution in [1.29, 1.82) is 5.26 Å². The van der Waals surface area contributed by atoms with E-state index in [0.717, 1.165) is 54.8 Å². The molecule has 5 heteroatoms. The van der Waals surface area contributed by atoms with Crippen LogP contribution < -0.4 is 9.80 Å². The molecule has 0 bridgehead atoms. The molecule has 2 aromatic carbocycles. The van der Waals surface area contributed by atoms with Crippen LogP contribution in [0.25, 0.3) is 16.7 Å². The van der Waals surface area contributed by atoms with Crippen LogP contribution in [0.1, 0.15) is 34.7 Å². The lowest BCUT2D eigenvalue weighted by Crippen LogP contribution is -2.47. The van der Waals surface area contributed by atoms with Crippen molar-refractivity contribution < 1.29 is 0 Å². The minimum atomic E-state index is 0.691. The summed E-state index contributed by atoms with van der Waals surface area (Å²) in [5.41, 5.74) is 9.75. The summed E-state index contributed by atoms with van der Waals surface area (Å²) < 4.78 is 2.23. The fourth-order valence-electron chi connectivity index (χ4n) is 5.14. The van der Waals surface area contributed by atoms with Crippen LogP contribution in [0.4, 0.5) is 11.5 Å². The average molecular weight is 424 g/mol. The van der Waals surface area contributed by atoms with Gasteiger partial charge >= 0.3 is 0 Å². The Morgan fingerprint density at radius 1 is 0.969 bits per heavy atom. The van der Waals surface area contributed by atoms with E-state index in [4.69, 9.17) is 4.98 Å². The largest absolute Gasteiger partial charge is 0.368 e. The maximum Gasteiger partial charge on any atom is 0.157 e. The Bertz CT molecular complexity index is 1370. The number of nitrogens with zero attached hydrogens (tertiary/aromatic N) is 5. The van der Waals surface area contributed by atoms with Gasteiger partial charge in [0.15, 0.2) is 5.65 Å². The number of piperazine rings is 1. The van der Waals surface area contributed by atoms with Gasteiger partial charge in [0.25, 0.3) is 0 Å². The molecular weight excluding hydrogens is 394 g/mol. The topological polar surface area (TPSA) is 47.6 Å². The molecule has 0 saturated carbocycles. The maximum atomic E-state index is 9.95. The third kappa shape index (κ3) is 3.10. The second-order valence-corrected chi connectivity index (χ2v) is 8.79. The van der Waals surface area contributed by atoms with Gasteiger partial charge in [0, 0.05) is 31.9 Å². The molecule has 1 fully saturated rings. The molecule has 162 valence electrons. The second kappa shape index (κ2) is 7.87. The van der Waals surface area contributed by atoms with Crippen molar-refractivity contribution >= 4 is 28.2 Å². The molecule has 0 aliphatic carbocycles. The summed E-state index contributed by atoms with van der Waals surface area (Å²) in [4.78, 5) is 9.86. The van der Waals surface area contributed by atoms with Gasteiger partial charge in [-0.15, -0.1) is 0 Å². The van der Waals surface area contributed by atoms with Gasteiger partial charge in [-0.25, -0.2) is 4.98 Å². The zero-order valence-corrected chi connectivity index (χ0v) is 19.3. The lowest BCUT2D eigenvalue weighted by atomic mass is 10.0. The predicted molar refractivity (Wildman–Crippen MR) is 132 cm³/mol. The van der Waals surface area contributed by atoms with Crippen LogP contribution in [0.2, 0.25) is 0 Å². The van der Waals surface area contributed by atoms with Crippen molar-refractivity contribution in [3.63, 3.8) is 0 Å². The van der Waals surface area contributed by atoms with Crippen LogP contribution in [-0.2, 0) is 6.42 Å². The molecule has 2 aromatic heterocycles. The Morgan fingerprint density at radius 2 is 1.69 bits per heavy atom. The highest BCUT2D eigenvalue weighted by Crippen LogP contribution is 2.34. The number of nitriles is 1. The van der Waals surface area contributed by atoms with Crippen LogP contribution >= 0.6 is 0 Å². The molecular formula is C27H29N5. The van der Waals surface area contributed by atoms with Crippen molar-refractivity contribution in [3.05, 3.63) is 70.3 Å². The number of fused-ring (bicyclic) bond motifs is 3. The monoisotopic (exact) mass is 423 g/mol. The number of pyridine rings is 1. The molecule has 0 unspecified atom stereocenters. The normalized spacial score (nSPS) is 14.3. The molecule has 5 nitrogen and oxygen atoms in total. The van der Waals surface area contributed by atoms with Crippen molar-refractivity contribution in [2.24, 2.45) is 0 Å². The molecule has 0 atom stereocenters. The Labute approximate surface area is 189 Å². The van der Waals surface area contributed by atoms with Gasteiger partial charge < -0.3 is 9.80 Å². The summed E-state index contributed by atoms with van der Waals surface area (Å²) in [6, 6.07) is 17.3. The lowest BCUT2D eigenvalue weighted by Gasteiger charge is -2.39. The summed E-state index contributed by atoms with van der Waals surface area (Å²) in [7, 11) is 0. The van der Waals surface area contributed by atoms with Crippen LogP contribution in [0, 0.1) is 32.1 Å². The number of anilines is 2. The van der Waals surface area contributed by atoms with Crippen molar-refractivity contribution in [2.75, 3.05) is 36.0 Å². The molecule has 0 amide bonds. The van der Waals surface area contributed by atoms with Crippen LogP contribution in [-0.4, -0.2) is 35.6 Å². The van der Waals surface area contributed by atoms with Crippen molar-refractivity contribution in [1.82, 2.24) is 9.38 Å². The molecule has 1 aliphatic heterocycles. The van der Waals surface area contributed by atoms with Crippen molar-refractivity contribution in [3.8, 4) is 6.07 Å². The SMILES string of the molecule is CCc1c(C)c(C#N)c2nc3ccccc3n2c1N1CCN(c2cc(C)ccc2C)CC1. The minimum Gasteiger partial charge on any atom is -0.368 e. The summed E-state index contributed by atoms with van der Waals surface area (Å²) in [5, 5.41) is 9.95. The maximum absolute atomic E-state index is 9.95. The van der Waals surface area contributed by atoms with Gasteiger partial charge in [0.1, 0.15) is 11.9 Å². The zero-order chi connectivity index (χ0) is 22.4. The van der Waals surface area contributed by atoms with Crippen molar-refractivity contribution in [2.45, 2.75) is 34.1 Å². The summed E-state index contributed by atoms with van der Waals surface area (Å²) in [6.45, 7) is 12.4. The molecule has 5 rings (SSSR count). The number of rotatable bonds is 3. The van der Waals surface area contributed by atoms with E-state index in [2.05, 4.69) is 78.3 Å². The van der Waals surface area contributed by atoms with Crippen LogP contribution in [0.3, 0.4) is 0 Å². The molecule has 4 aromatic rings. The Morgan fingerprint density at radius 3 is 2.41 bits per heavy atom. The number of aromatic nitrogens is 2. The van der Waals surface area contributed by atoms with Gasteiger partial charge in [-0.2, -0.15) is 5.26 Å². The third-order valence-corrected chi connectivity index (χ3v) is 6.84. The predicted octanol–water partition coefficient (Wildman–Crippen LogP) is 5.17. The highest BCUT2D eigenvalue weighted by atomic mass is 15.3. The molecule has 0 radical (unpaired) electrons. The average Bonchev–Trinajstić information content (AvgIpc) is 3.19. The van der Waals surface area contributed by atoms with Gasteiger partial charge in [-0.1, -0.05) is 31.2 Å². The summed E-state index contributed by atoms with van der Waals surface area (Å²) in [6.07, 6.45) is 0.884. The number of aryl methyl sites for hydroxylation is 2. The number of imidazole rings is 1. The molecule has 32 heavy (non-hydrogen) atoms. The highest BCUT2D eigenvalue weighted by Gasteiger charge is 2.26. The number of hydrogen-bond donors (Lipinski definition) is 0. The van der Waals surface area contributed by atoms with Gasteiger partial charge in [0.2, 0.25) is 0 Å². The number of para-hydroxylation sites is 2. The molecule has 1 aliphatic rings. The lowest BCUT2D eigenvalue weighted by molar-refractivity contribution is 0.641. The van der Waals surface area contributed by atoms with E-state index in [1.54, 1.807) is 0 Å². The Hall–Kier alpha value is -3.52. The second-order valence-electron chi connectivity index (χ2n) is 8.79. The first-order valence-corrected chi connectivity index (χ1v) is 11.4. The third-order valence-electron chi connectivity index (χ3n) is 6.84. The van der Waals surface area contributed by atoms with Crippen LogP contribution in [0.5, 0.6) is 0 Å². The summed E-state index contributed by atoms with van der Waals surface area (Å²) in [5.74, 6) is 1.20. The first-order chi connectivity index (χ1) is 15.5. The van der Waals surface area contributed by atoms with E-state index < -0.39 is 0 Å². The smallest absolute Gasteiger partial charge is 0.157 e. The molecule has 0 spiro atoms. The van der Waals surface area contributed by atoms with Gasteiger partial charge in [-0.05, 0) is 67.6 Å². The van der Waals surface area contributed by atoms with E-state index in [1.807, 2.05) is 12.1 Å². The van der Waals surface area contributed by atoms with Gasteiger partial charge in [0.05, 0.1) is 16.6 Å². The first-order valence-electron chi connectivity index (χ1n) is 11.4. The van der Waals surface area contributed by atoms with E-state index in [9.17, 15) is 5.26 Å². The fourth-order valence-corrected chi connectivity index (χ4v) is 5.14. The molecule has 1 saturated heterocycles. The highest BCUT2D eigenvalue weighted by molar-refractivity contribution is 5.86. The van der Waals surface area contributed by atoms with Gasteiger partial charge in [-0.3, -0.25) is 4.40 Å². The summed E-state index contributed by atoms with van der Waals surface area (Å²) >= 11 is 0. The zero-order valence-electron chi connectivity index (χ0n) is 19.3.